The normalized spacial score (nSPS) is 25.8. The predicted octanol–water partition coefficient (Wildman–Crippen LogP) is 2.95. The maximum Gasteiger partial charge on any atom is 0.253 e. The van der Waals surface area contributed by atoms with Crippen molar-refractivity contribution in [3.8, 4) is 0 Å². The molecule has 3 heteroatoms. The topological polar surface area (TPSA) is 32.3 Å². The minimum atomic E-state index is 0.132. The van der Waals surface area contributed by atoms with Gasteiger partial charge in [-0.25, -0.2) is 0 Å². The maximum atomic E-state index is 12.6. The fourth-order valence-corrected chi connectivity index (χ4v) is 3.56. The van der Waals surface area contributed by atoms with E-state index in [-0.39, 0.29) is 16.9 Å². The number of carbonyl (C=O) groups excluding carboxylic acids is 1. The molecule has 1 atom stereocenters. The molecule has 2 fully saturated rings. The number of nitrogens with one attached hydrogen (secondary N) is 1. The standard InChI is InChI=1S/C18H26N2O/c1-17(2,3)15-7-5-14(6-8-15)16(21)20-12-10-18(13-20)9-4-11-19-18/h5-8,19H,4,9-13H2,1-3H3. The summed E-state index contributed by atoms with van der Waals surface area (Å²) in [6.45, 7) is 9.43. The largest absolute Gasteiger partial charge is 0.337 e. The van der Waals surface area contributed by atoms with Crippen molar-refractivity contribution in [1.29, 1.82) is 0 Å². The molecule has 0 bridgehead atoms. The molecule has 0 radical (unpaired) electrons. The van der Waals surface area contributed by atoms with Crippen molar-refractivity contribution >= 4 is 5.91 Å². The van der Waals surface area contributed by atoms with Crippen LogP contribution in [0.2, 0.25) is 0 Å². The van der Waals surface area contributed by atoms with Crippen LogP contribution in [0.5, 0.6) is 0 Å². The third kappa shape index (κ3) is 2.84. The van der Waals surface area contributed by atoms with E-state index in [0.29, 0.717) is 0 Å². The average Bonchev–Trinajstić information content (AvgIpc) is 3.08. The van der Waals surface area contributed by atoms with E-state index in [9.17, 15) is 4.79 Å². The van der Waals surface area contributed by atoms with Gasteiger partial charge in [-0.05, 0) is 48.9 Å². The van der Waals surface area contributed by atoms with E-state index >= 15 is 0 Å². The van der Waals surface area contributed by atoms with Crippen LogP contribution in [0.3, 0.4) is 0 Å². The summed E-state index contributed by atoms with van der Waals surface area (Å²) < 4.78 is 0. The molecule has 1 amide bonds. The molecule has 1 spiro atoms. The highest BCUT2D eigenvalue weighted by Gasteiger charge is 2.41. The molecular weight excluding hydrogens is 260 g/mol. The lowest BCUT2D eigenvalue weighted by molar-refractivity contribution is 0.0782. The Kier molecular flexibility index (Phi) is 3.56. The molecule has 3 rings (SSSR count). The van der Waals surface area contributed by atoms with Gasteiger partial charge in [-0.1, -0.05) is 32.9 Å². The lowest BCUT2D eigenvalue weighted by Gasteiger charge is -2.24. The molecule has 2 saturated heterocycles. The van der Waals surface area contributed by atoms with Crippen molar-refractivity contribution in [1.82, 2.24) is 10.2 Å². The first-order valence-corrected chi connectivity index (χ1v) is 8.05. The highest BCUT2D eigenvalue weighted by molar-refractivity contribution is 5.94. The molecule has 0 aliphatic carbocycles. The second kappa shape index (κ2) is 5.13. The average molecular weight is 286 g/mol. The van der Waals surface area contributed by atoms with Gasteiger partial charge >= 0.3 is 0 Å². The van der Waals surface area contributed by atoms with Crippen LogP contribution in [-0.4, -0.2) is 36.0 Å². The molecule has 2 aliphatic rings. The van der Waals surface area contributed by atoms with E-state index < -0.39 is 0 Å². The zero-order valence-electron chi connectivity index (χ0n) is 13.4. The Balaban J connectivity index is 1.71. The van der Waals surface area contributed by atoms with Gasteiger partial charge in [0, 0.05) is 24.2 Å². The van der Waals surface area contributed by atoms with Gasteiger partial charge in [-0.2, -0.15) is 0 Å². The molecule has 3 nitrogen and oxygen atoms in total. The second-order valence-corrected chi connectivity index (χ2v) is 7.61. The summed E-state index contributed by atoms with van der Waals surface area (Å²) in [5.74, 6) is 0.182. The smallest absolute Gasteiger partial charge is 0.253 e. The van der Waals surface area contributed by atoms with E-state index in [0.717, 1.165) is 31.6 Å². The maximum absolute atomic E-state index is 12.6. The fraction of sp³-hybridized carbons (Fsp3) is 0.611. The van der Waals surface area contributed by atoms with E-state index in [2.05, 4.69) is 38.2 Å². The van der Waals surface area contributed by atoms with Gasteiger partial charge in [-0.15, -0.1) is 0 Å². The number of benzene rings is 1. The Hall–Kier alpha value is -1.35. The van der Waals surface area contributed by atoms with Crippen LogP contribution in [0.15, 0.2) is 24.3 Å². The van der Waals surface area contributed by atoms with Gasteiger partial charge in [0.25, 0.3) is 5.91 Å². The molecular formula is C18H26N2O. The van der Waals surface area contributed by atoms with Crippen molar-refractivity contribution in [2.24, 2.45) is 0 Å². The summed E-state index contributed by atoms with van der Waals surface area (Å²) in [7, 11) is 0. The van der Waals surface area contributed by atoms with Crippen LogP contribution < -0.4 is 5.32 Å². The van der Waals surface area contributed by atoms with Crippen LogP contribution >= 0.6 is 0 Å². The monoisotopic (exact) mass is 286 g/mol. The van der Waals surface area contributed by atoms with Crippen LogP contribution in [-0.2, 0) is 5.41 Å². The molecule has 1 aromatic rings. The van der Waals surface area contributed by atoms with Crippen LogP contribution in [0, 0.1) is 0 Å². The number of nitrogens with zero attached hydrogens (tertiary/aromatic N) is 1. The Bertz CT molecular complexity index is 521. The van der Waals surface area contributed by atoms with Gasteiger partial charge in [0.2, 0.25) is 0 Å². The lowest BCUT2D eigenvalue weighted by Crippen LogP contribution is -2.43. The van der Waals surface area contributed by atoms with Crippen LogP contribution in [0.4, 0.5) is 0 Å². The van der Waals surface area contributed by atoms with Crippen LogP contribution in [0.25, 0.3) is 0 Å². The van der Waals surface area contributed by atoms with Gasteiger partial charge in [-0.3, -0.25) is 4.79 Å². The second-order valence-electron chi connectivity index (χ2n) is 7.61. The van der Waals surface area contributed by atoms with Crippen molar-refractivity contribution in [3.63, 3.8) is 0 Å². The minimum Gasteiger partial charge on any atom is -0.337 e. The highest BCUT2D eigenvalue weighted by atomic mass is 16.2. The SMILES string of the molecule is CC(C)(C)c1ccc(C(=O)N2CCC3(CCCN3)C2)cc1. The van der Waals surface area contributed by atoms with Crippen molar-refractivity contribution < 1.29 is 4.79 Å². The Morgan fingerprint density at radius 1 is 1.19 bits per heavy atom. The summed E-state index contributed by atoms with van der Waals surface area (Å²) in [6, 6.07) is 8.14. The predicted molar refractivity (Wildman–Crippen MR) is 85.6 cm³/mol. The summed E-state index contributed by atoms with van der Waals surface area (Å²) in [5, 5.41) is 3.60. The highest BCUT2D eigenvalue weighted by Crippen LogP contribution is 2.31. The molecule has 1 N–H and O–H groups in total. The Morgan fingerprint density at radius 2 is 1.90 bits per heavy atom. The van der Waals surface area contributed by atoms with E-state index in [1.165, 1.54) is 18.4 Å². The fourth-order valence-electron chi connectivity index (χ4n) is 3.56. The lowest BCUT2D eigenvalue weighted by atomic mass is 9.86. The summed E-state index contributed by atoms with van der Waals surface area (Å²) in [6.07, 6.45) is 3.54. The minimum absolute atomic E-state index is 0.132. The zero-order chi connectivity index (χ0) is 15.1. The molecule has 0 saturated carbocycles. The van der Waals surface area contributed by atoms with Gasteiger partial charge in [0.1, 0.15) is 0 Å². The zero-order valence-corrected chi connectivity index (χ0v) is 13.4. The van der Waals surface area contributed by atoms with Crippen molar-refractivity contribution in [2.45, 2.75) is 51.0 Å². The molecule has 1 unspecified atom stereocenters. The quantitative estimate of drug-likeness (QED) is 0.861. The number of carbonyl (C=O) groups is 1. The van der Waals surface area contributed by atoms with Gasteiger partial charge in [0.15, 0.2) is 0 Å². The molecule has 21 heavy (non-hydrogen) atoms. The Morgan fingerprint density at radius 3 is 2.48 bits per heavy atom. The van der Waals surface area contributed by atoms with Gasteiger partial charge < -0.3 is 10.2 Å². The van der Waals surface area contributed by atoms with E-state index in [1.54, 1.807) is 0 Å². The van der Waals surface area contributed by atoms with Crippen molar-refractivity contribution in [2.75, 3.05) is 19.6 Å². The molecule has 1 aromatic carbocycles. The number of rotatable bonds is 1. The van der Waals surface area contributed by atoms with Crippen LogP contribution in [0.1, 0.15) is 56.0 Å². The number of likely N-dealkylation sites (tertiary alicyclic amines) is 1. The first-order valence-electron chi connectivity index (χ1n) is 8.05. The molecule has 0 aromatic heterocycles. The van der Waals surface area contributed by atoms with Gasteiger partial charge in [0.05, 0.1) is 0 Å². The number of hydrogen-bond donors (Lipinski definition) is 1. The molecule has 2 heterocycles. The van der Waals surface area contributed by atoms with E-state index in [4.69, 9.17) is 0 Å². The third-order valence-electron chi connectivity index (χ3n) is 4.97. The number of amides is 1. The Labute approximate surface area is 127 Å². The van der Waals surface area contributed by atoms with Crippen molar-refractivity contribution in [3.05, 3.63) is 35.4 Å². The molecule has 114 valence electrons. The molecule has 2 aliphatic heterocycles. The summed E-state index contributed by atoms with van der Waals surface area (Å²) in [4.78, 5) is 14.7. The first-order chi connectivity index (χ1) is 9.90. The summed E-state index contributed by atoms with van der Waals surface area (Å²) in [5.41, 5.74) is 2.43. The summed E-state index contributed by atoms with van der Waals surface area (Å²) >= 11 is 0. The third-order valence-corrected chi connectivity index (χ3v) is 4.97. The van der Waals surface area contributed by atoms with E-state index in [1.807, 2.05) is 17.0 Å². The first kappa shape index (κ1) is 14.6. The number of hydrogen-bond acceptors (Lipinski definition) is 2.